The van der Waals surface area contributed by atoms with Crippen molar-refractivity contribution in [1.82, 2.24) is 20.9 Å². The second-order valence-electron chi connectivity index (χ2n) is 8.87. The number of carbonyl (C=O) groups is 4. The van der Waals surface area contributed by atoms with Gasteiger partial charge < -0.3 is 15.7 Å². The Hall–Kier alpha value is -2.62. The third-order valence-corrected chi connectivity index (χ3v) is 6.52. The second-order valence-corrected chi connectivity index (χ2v) is 8.87. The zero-order valence-corrected chi connectivity index (χ0v) is 17.1. The van der Waals surface area contributed by atoms with Crippen LogP contribution in [0.3, 0.4) is 0 Å². The van der Waals surface area contributed by atoms with Crippen LogP contribution in [0.2, 0.25) is 0 Å². The zero-order valence-electron chi connectivity index (χ0n) is 17.1. The van der Waals surface area contributed by atoms with E-state index in [0.717, 1.165) is 23.6 Å². The fourth-order valence-electron chi connectivity index (χ4n) is 4.27. The number of fused-ring (bicyclic) bond motifs is 1. The first-order valence-electron chi connectivity index (χ1n) is 10.1. The van der Waals surface area contributed by atoms with Crippen LogP contribution in [-0.2, 0) is 16.1 Å². The van der Waals surface area contributed by atoms with Gasteiger partial charge in [-0.05, 0) is 38.0 Å². The molecule has 9 nitrogen and oxygen atoms in total. The summed E-state index contributed by atoms with van der Waals surface area (Å²) in [6, 6.07) is 4.09. The van der Waals surface area contributed by atoms with Crippen molar-refractivity contribution in [2.75, 3.05) is 19.6 Å². The van der Waals surface area contributed by atoms with E-state index in [1.54, 1.807) is 32.0 Å². The Morgan fingerprint density at radius 3 is 2.47 bits per heavy atom. The minimum atomic E-state index is -0.963. The smallest absolute Gasteiger partial charge is 0.262 e. The number of hydrogen-bond donors (Lipinski definition) is 4. The Labute approximate surface area is 174 Å². The topological polar surface area (TPSA) is 128 Å². The summed E-state index contributed by atoms with van der Waals surface area (Å²) in [4.78, 5) is 50.1. The van der Waals surface area contributed by atoms with E-state index in [4.69, 9.17) is 0 Å². The molecule has 2 fully saturated rings. The van der Waals surface area contributed by atoms with Crippen LogP contribution in [0.15, 0.2) is 18.2 Å². The lowest BCUT2D eigenvalue weighted by Crippen LogP contribution is -2.67. The predicted octanol–water partition coefficient (Wildman–Crippen LogP) is -0.462. The van der Waals surface area contributed by atoms with Crippen LogP contribution in [0.5, 0.6) is 0 Å². The van der Waals surface area contributed by atoms with Gasteiger partial charge in [-0.1, -0.05) is 6.07 Å². The summed E-state index contributed by atoms with van der Waals surface area (Å²) in [6.45, 7) is 6.14. The van der Waals surface area contributed by atoms with Crippen LogP contribution in [0.1, 0.15) is 53.0 Å². The summed E-state index contributed by atoms with van der Waals surface area (Å²) >= 11 is 0. The van der Waals surface area contributed by atoms with Gasteiger partial charge >= 0.3 is 0 Å². The highest BCUT2D eigenvalue weighted by Crippen LogP contribution is 2.35. The molecule has 3 heterocycles. The molecular formula is C21H26N4O5. The van der Waals surface area contributed by atoms with Crippen molar-refractivity contribution in [3.63, 3.8) is 0 Å². The van der Waals surface area contributed by atoms with Gasteiger partial charge in [-0.3, -0.25) is 29.4 Å². The molecule has 0 saturated carbocycles. The number of carbonyl (C=O) groups excluding carboxylic acids is 4. The minimum absolute atomic E-state index is 0.0940. The van der Waals surface area contributed by atoms with E-state index in [9.17, 15) is 24.3 Å². The van der Waals surface area contributed by atoms with Crippen LogP contribution >= 0.6 is 0 Å². The molecule has 1 atom stereocenters. The summed E-state index contributed by atoms with van der Waals surface area (Å²) in [7, 11) is 0. The summed E-state index contributed by atoms with van der Waals surface area (Å²) < 4.78 is 0. The molecule has 0 aliphatic carbocycles. The van der Waals surface area contributed by atoms with Gasteiger partial charge in [-0.15, -0.1) is 0 Å². The first-order chi connectivity index (χ1) is 14.1. The van der Waals surface area contributed by atoms with E-state index < -0.39 is 35.3 Å². The van der Waals surface area contributed by atoms with Crippen molar-refractivity contribution in [3.8, 4) is 0 Å². The molecule has 0 radical (unpaired) electrons. The lowest BCUT2D eigenvalue weighted by molar-refractivity contribution is -0.136. The Kier molecular flexibility index (Phi) is 5.00. The molecule has 4 amide bonds. The SMILES string of the molecule is CC(C)(O)C1(CNCc2ccc3c(c2)C(=O)N(C2CCC(=O)NC2=O)C3=O)CNC1. The lowest BCUT2D eigenvalue weighted by Gasteiger charge is -2.51. The molecule has 1 aromatic rings. The Bertz CT molecular complexity index is 932. The maximum Gasteiger partial charge on any atom is 0.262 e. The highest BCUT2D eigenvalue weighted by molar-refractivity contribution is 6.23. The molecule has 4 rings (SSSR count). The van der Waals surface area contributed by atoms with Crippen LogP contribution in [0.4, 0.5) is 0 Å². The van der Waals surface area contributed by atoms with Gasteiger partial charge in [0.2, 0.25) is 11.8 Å². The maximum absolute atomic E-state index is 12.9. The molecule has 160 valence electrons. The summed E-state index contributed by atoms with van der Waals surface area (Å²) in [5.41, 5.74) is 0.292. The largest absolute Gasteiger partial charge is 0.390 e. The highest BCUT2D eigenvalue weighted by atomic mass is 16.3. The van der Waals surface area contributed by atoms with Crippen molar-refractivity contribution >= 4 is 23.6 Å². The molecule has 2 saturated heterocycles. The highest BCUT2D eigenvalue weighted by Gasteiger charge is 2.48. The van der Waals surface area contributed by atoms with Gasteiger partial charge in [0.15, 0.2) is 0 Å². The van der Waals surface area contributed by atoms with Gasteiger partial charge in [-0.25, -0.2) is 0 Å². The van der Waals surface area contributed by atoms with Gasteiger partial charge in [0.05, 0.1) is 16.7 Å². The van der Waals surface area contributed by atoms with Gasteiger partial charge in [-0.2, -0.15) is 0 Å². The molecule has 0 aromatic heterocycles. The lowest BCUT2D eigenvalue weighted by atomic mass is 9.69. The molecule has 3 aliphatic heterocycles. The molecule has 0 bridgehead atoms. The predicted molar refractivity (Wildman–Crippen MR) is 106 cm³/mol. The number of rotatable bonds is 6. The standard InChI is InChI=1S/C21H26N4O5/c1-20(2,30)21(10-23-11-21)9-22-8-12-3-4-13-14(7-12)19(29)25(18(13)28)15-5-6-16(26)24-17(15)27/h3-4,7,15,22-23,30H,5-6,8-11H2,1-2H3,(H,24,26,27). The van der Waals surface area contributed by atoms with Crippen molar-refractivity contribution in [3.05, 3.63) is 34.9 Å². The van der Waals surface area contributed by atoms with E-state index in [1.807, 2.05) is 0 Å². The first-order valence-corrected chi connectivity index (χ1v) is 10.1. The number of hydrogen-bond acceptors (Lipinski definition) is 7. The van der Waals surface area contributed by atoms with Crippen molar-refractivity contribution in [2.45, 2.75) is 44.9 Å². The normalized spacial score (nSPS) is 23.3. The molecule has 9 heteroatoms. The summed E-state index contributed by atoms with van der Waals surface area (Å²) in [6.07, 6.45) is 0.231. The number of imide groups is 2. The van der Waals surface area contributed by atoms with Gasteiger partial charge in [0, 0.05) is 38.0 Å². The summed E-state index contributed by atoms with van der Waals surface area (Å²) in [5, 5.41) is 19.2. The number of nitrogens with one attached hydrogen (secondary N) is 3. The fourth-order valence-corrected chi connectivity index (χ4v) is 4.27. The Morgan fingerprint density at radius 2 is 1.87 bits per heavy atom. The monoisotopic (exact) mass is 414 g/mol. The van der Waals surface area contributed by atoms with Crippen LogP contribution < -0.4 is 16.0 Å². The van der Waals surface area contributed by atoms with Crippen LogP contribution in [0.25, 0.3) is 0 Å². The third kappa shape index (κ3) is 3.32. The average molecular weight is 414 g/mol. The number of benzene rings is 1. The van der Waals surface area contributed by atoms with Crippen molar-refractivity contribution in [1.29, 1.82) is 0 Å². The molecule has 4 N–H and O–H groups in total. The zero-order chi connectivity index (χ0) is 21.7. The van der Waals surface area contributed by atoms with Crippen LogP contribution in [0, 0.1) is 5.41 Å². The number of amides is 4. The van der Waals surface area contributed by atoms with E-state index in [0.29, 0.717) is 13.1 Å². The molecule has 0 spiro atoms. The fraction of sp³-hybridized carbons (Fsp3) is 0.524. The van der Waals surface area contributed by atoms with Crippen molar-refractivity contribution in [2.24, 2.45) is 5.41 Å². The average Bonchev–Trinajstić information content (AvgIpc) is 2.87. The number of nitrogens with zero attached hydrogens (tertiary/aromatic N) is 1. The van der Waals surface area contributed by atoms with E-state index in [-0.39, 0.29) is 29.4 Å². The molecule has 3 aliphatic rings. The van der Waals surface area contributed by atoms with E-state index in [2.05, 4.69) is 16.0 Å². The van der Waals surface area contributed by atoms with Crippen LogP contribution in [-0.4, -0.2) is 64.9 Å². The number of piperidine rings is 1. The summed E-state index contributed by atoms with van der Waals surface area (Å²) in [5.74, 6) is -2.03. The molecule has 30 heavy (non-hydrogen) atoms. The van der Waals surface area contributed by atoms with Gasteiger partial charge in [0.25, 0.3) is 11.8 Å². The molecule has 1 aromatic carbocycles. The number of aliphatic hydroxyl groups is 1. The Balaban J connectivity index is 1.46. The second kappa shape index (κ2) is 7.26. The quantitative estimate of drug-likeness (QED) is 0.464. The van der Waals surface area contributed by atoms with Crippen molar-refractivity contribution < 1.29 is 24.3 Å². The Morgan fingerprint density at radius 1 is 1.17 bits per heavy atom. The minimum Gasteiger partial charge on any atom is -0.390 e. The third-order valence-electron chi connectivity index (χ3n) is 6.52. The maximum atomic E-state index is 12.9. The van der Waals surface area contributed by atoms with E-state index in [1.165, 1.54) is 0 Å². The molecule has 1 unspecified atom stereocenters. The van der Waals surface area contributed by atoms with Gasteiger partial charge in [0.1, 0.15) is 6.04 Å². The first kappa shape index (κ1) is 20.6. The molecular weight excluding hydrogens is 388 g/mol. The van der Waals surface area contributed by atoms with E-state index >= 15 is 0 Å².